The van der Waals surface area contributed by atoms with E-state index in [2.05, 4.69) is 60.1 Å². The van der Waals surface area contributed by atoms with Crippen molar-refractivity contribution in [3.05, 3.63) is 0 Å². The average molecular weight is 1610 g/mol. The van der Waals surface area contributed by atoms with Gasteiger partial charge in [-0.3, -0.25) is 47.9 Å². The van der Waals surface area contributed by atoms with Crippen molar-refractivity contribution in [3.8, 4) is 0 Å². The van der Waals surface area contributed by atoms with Crippen LogP contribution >= 0.6 is 0 Å². The Labute approximate surface area is 658 Å². The second kappa shape index (κ2) is 62.3. The van der Waals surface area contributed by atoms with Gasteiger partial charge in [0.05, 0.1) is 72.2 Å². The van der Waals surface area contributed by atoms with Gasteiger partial charge in [0.2, 0.25) is 59.1 Å². The molecule has 10 amide bonds. The van der Waals surface area contributed by atoms with Gasteiger partial charge >= 0.3 is 0 Å². The van der Waals surface area contributed by atoms with Gasteiger partial charge in [0.15, 0.2) is 18.9 Å². The van der Waals surface area contributed by atoms with Crippen LogP contribution in [-0.2, 0) is 90.6 Å². The minimum absolute atomic E-state index is 0.0693. The van der Waals surface area contributed by atoms with Crippen molar-refractivity contribution >= 4 is 59.1 Å². The number of hydrogen-bond donors (Lipinski definition) is 19. The summed E-state index contributed by atoms with van der Waals surface area (Å²) in [6.07, 6.45) is -0.465. The van der Waals surface area contributed by atoms with Crippen molar-refractivity contribution in [2.75, 3.05) is 125 Å². The molecule has 19 N–H and O–H groups in total. The fourth-order valence-electron chi connectivity index (χ4n) is 11.8. The van der Waals surface area contributed by atoms with E-state index in [1.54, 1.807) is 0 Å². The first kappa shape index (κ1) is 102. The van der Waals surface area contributed by atoms with E-state index in [1.807, 2.05) is 0 Å². The predicted octanol–water partition coefficient (Wildman–Crippen LogP) is -3.12. The molecule has 0 bridgehead atoms. The molecule has 0 aromatic rings. The van der Waals surface area contributed by atoms with Crippen molar-refractivity contribution in [2.24, 2.45) is 0 Å². The first-order valence-electron chi connectivity index (χ1n) is 39.8. The first-order valence-corrected chi connectivity index (χ1v) is 39.8. The number of rotatable bonds is 67. The summed E-state index contributed by atoms with van der Waals surface area (Å²) < 4.78 is 52.3. The first-order chi connectivity index (χ1) is 53.7. The Morgan fingerprint density at radius 1 is 0.411 bits per heavy atom. The molecule has 38 heteroatoms. The SMILES string of the molecule is CCCCCCCCCCCC(=O)NC(COCCC(=O)NCCCNC(=O)CCCCOC1OC(CO)C(O)C(O)C1NC(C)=O)(COCCC(=O)NCCCNC(=O)CCCCOC1OC(CO)C(O)C(O)C1NC(C)=O)COCCC(=O)NCCCNC(=O)CCCCOC(OC(CO)[C@H](C)O)[C@H](CO)NC(C)=O. The van der Waals surface area contributed by atoms with E-state index in [0.717, 1.165) is 38.5 Å². The minimum Gasteiger partial charge on any atom is -0.394 e. The highest BCUT2D eigenvalue weighted by atomic mass is 16.7. The van der Waals surface area contributed by atoms with Gasteiger partial charge in [0.1, 0.15) is 66.4 Å². The van der Waals surface area contributed by atoms with Crippen LogP contribution in [0.5, 0.6) is 0 Å². The molecule has 0 spiro atoms. The van der Waals surface area contributed by atoms with Crippen LogP contribution in [0.2, 0.25) is 0 Å². The van der Waals surface area contributed by atoms with Crippen LogP contribution in [0.1, 0.15) is 195 Å². The molecule has 2 rings (SSSR count). The molecule has 2 aliphatic rings. The maximum absolute atomic E-state index is 13.9. The third-order valence-corrected chi connectivity index (χ3v) is 18.1. The number of carbonyl (C=O) groups is 10. The Balaban J connectivity index is 2.02. The van der Waals surface area contributed by atoms with Crippen molar-refractivity contribution in [1.29, 1.82) is 0 Å². The van der Waals surface area contributed by atoms with Gasteiger partial charge in [-0.05, 0) is 71.1 Å². The molecular weight excluding hydrogens is 1480 g/mol. The highest BCUT2D eigenvalue weighted by Gasteiger charge is 2.47. The number of unbranched alkanes of at least 4 members (excludes halogenated alkanes) is 11. The molecule has 12 unspecified atom stereocenters. The second-order valence-electron chi connectivity index (χ2n) is 28.3. The summed E-state index contributed by atoms with van der Waals surface area (Å²) in [4.78, 5) is 126. The van der Waals surface area contributed by atoms with Gasteiger partial charge in [-0.2, -0.15) is 0 Å². The van der Waals surface area contributed by atoms with Crippen molar-refractivity contribution in [3.63, 3.8) is 0 Å². The van der Waals surface area contributed by atoms with Crippen LogP contribution in [0, 0.1) is 0 Å². The van der Waals surface area contributed by atoms with Gasteiger partial charge in [-0.1, -0.05) is 58.3 Å². The quantitative estimate of drug-likeness (QED) is 0.0212. The van der Waals surface area contributed by atoms with Crippen molar-refractivity contribution < 1.29 is 137 Å². The van der Waals surface area contributed by atoms with E-state index in [9.17, 15) is 93.9 Å². The highest BCUT2D eigenvalue weighted by molar-refractivity contribution is 5.79. The van der Waals surface area contributed by atoms with Gasteiger partial charge in [-0.25, -0.2) is 0 Å². The van der Waals surface area contributed by atoms with Crippen LogP contribution in [0.3, 0.4) is 0 Å². The number of carbonyl (C=O) groups excluding carboxylic acids is 10. The highest BCUT2D eigenvalue weighted by Crippen LogP contribution is 2.25. The maximum atomic E-state index is 13.9. The van der Waals surface area contributed by atoms with Crippen LogP contribution in [0.15, 0.2) is 0 Å². The smallest absolute Gasteiger partial charge is 0.222 e. The number of aliphatic hydroxyl groups excluding tert-OH is 9. The van der Waals surface area contributed by atoms with Gasteiger partial charge in [0.25, 0.3) is 0 Å². The maximum Gasteiger partial charge on any atom is 0.222 e. The molecule has 2 aliphatic heterocycles. The van der Waals surface area contributed by atoms with Crippen molar-refractivity contribution in [1.82, 2.24) is 53.2 Å². The molecule has 0 saturated carbocycles. The van der Waals surface area contributed by atoms with E-state index >= 15 is 0 Å². The zero-order valence-corrected chi connectivity index (χ0v) is 66.5. The average Bonchev–Trinajstić information content (AvgIpc) is 0.812. The Morgan fingerprint density at radius 3 is 1.10 bits per heavy atom. The lowest BCUT2D eigenvalue weighted by atomic mass is 9.97. The lowest BCUT2D eigenvalue weighted by Gasteiger charge is -2.42. The van der Waals surface area contributed by atoms with E-state index < -0.39 is 136 Å². The number of aliphatic hydroxyl groups is 9. The normalized spacial score (nSPS) is 21.2. The zero-order valence-electron chi connectivity index (χ0n) is 66.5. The summed E-state index contributed by atoms with van der Waals surface area (Å²) in [7, 11) is 0. The topological polar surface area (TPSA) is 556 Å². The van der Waals surface area contributed by atoms with Crippen LogP contribution in [0.25, 0.3) is 0 Å². The Bertz CT molecular complexity index is 2530. The summed E-state index contributed by atoms with van der Waals surface area (Å²) in [5.41, 5.74) is -1.38. The molecule has 650 valence electrons. The van der Waals surface area contributed by atoms with Crippen LogP contribution in [-0.4, -0.2) is 322 Å². The summed E-state index contributed by atoms with van der Waals surface area (Å²) in [5, 5.41) is 117. The lowest BCUT2D eigenvalue weighted by Crippen LogP contribution is -2.64. The van der Waals surface area contributed by atoms with E-state index in [1.165, 1.54) is 40.5 Å². The zero-order chi connectivity index (χ0) is 82.9. The van der Waals surface area contributed by atoms with Gasteiger partial charge < -0.3 is 142 Å². The molecule has 2 heterocycles. The van der Waals surface area contributed by atoms with Gasteiger partial charge in [0, 0.05) is 125 Å². The summed E-state index contributed by atoms with van der Waals surface area (Å²) in [6, 6.07) is -3.16. The summed E-state index contributed by atoms with van der Waals surface area (Å²) in [5.74, 6) is -3.54. The molecule has 0 aliphatic carbocycles. The molecule has 0 radical (unpaired) electrons. The largest absolute Gasteiger partial charge is 0.394 e. The van der Waals surface area contributed by atoms with Crippen molar-refractivity contribution in [2.45, 2.75) is 287 Å². The molecular formula is C74H136N10O28. The van der Waals surface area contributed by atoms with Crippen LogP contribution in [0.4, 0.5) is 0 Å². The third kappa shape index (κ3) is 46.5. The predicted molar refractivity (Wildman–Crippen MR) is 403 cm³/mol. The molecule has 0 aromatic heterocycles. The summed E-state index contributed by atoms with van der Waals surface area (Å²) in [6.45, 7) is 5.78. The molecule has 112 heavy (non-hydrogen) atoms. The van der Waals surface area contributed by atoms with E-state index in [4.69, 9.17) is 42.6 Å². The Kier molecular flexibility index (Phi) is 56.8. The Hall–Kier alpha value is -6.02. The fourth-order valence-corrected chi connectivity index (χ4v) is 11.8. The number of hydrogen-bond acceptors (Lipinski definition) is 28. The Morgan fingerprint density at radius 2 is 0.759 bits per heavy atom. The molecule has 2 fully saturated rings. The third-order valence-electron chi connectivity index (χ3n) is 18.1. The molecule has 14 atom stereocenters. The second-order valence-corrected chi connectivity index (χ2v) is 28.3. The van der Waals surface area contributed by atoms with Crippen LogP contribution < -0.4 is 53.2 Å². The molecule has 2 saturated heterocycles. The molecule has 38 nitrogen and oxygen atoms in total. The fraction of sp³-hybridized carbons (Fsp3) is 0.865. The number of amides is 10. The van der Waals surface area contributed by atoms with Gasteiger partial charge in [-0.15, -0.1) is 0 Å². The lowest BCUT2D eigenvalue weighted by molar-refractivity contribution is -0.270. The van der Waals surface area contributed by atoms with E-state index in [0.29, 0.717) is 64.2 Å². The standard InChI is InChI=1S/C74H136N10O28/c1-6-7-8-9-10-11-12-13-14-27-64(99)84-74(47-104-40-28-61(96)78-34-21-31-75-58(93)24-15-18-37-107-71(54(43-85)81-51(3)90)110-55(44-86)50(2)89,48-105-41-29-62(97)79-35-22-32-76-59(94)25-16-19-38-108-72-65(82-52(4)91)69(102)67(100)56(45-87)111-72)49-106-42-30-63(98)80-36-23-33-77-60(95)26-17-20-39-109-73-66(83-53(5)92)70(103)68(101)57(46-88)112-73/h50,54-57,65-73,85-89,100-103H,6-49H2,1-5H3,(H,75,93)(H,76,94)(H,77,95)(H,78,96)(H,79,97)(H,80,98)(H,81,90)(H,82,91)(H,83,92)(H,84,99)/t50-,54-,55?,56?,57?,65?,66?,67?,68?,69?,70?,71?,72?,73?,74?/m0/s1. The van der Waals surface area contributed by atoms with E-state index in [-0.39, 0.29) is 185 Å². The monoisotopic (exact) mass is 1610 g/mol. The number of ether oxygens (including phenoxy) is 9. The minimum atomic E-state index is -1.45. The summed E-state index contributed by atoms with van der Waals surface area (Å²) >= 11 is 0. The molecule has 0 aromatic carbocycles. The number of nitrogens with one attached hydrogen (secondary N) is 10.